The third kappa shape index (κ3) is 32.5. The van der Waals surface area contributed by atoms with E-state index in [0.29, 0.717) is 6.61 Å². The molecule has 0 bridgehead atoms. The van der Waals surface area contributed by atoms with E-state index in [-0.39, 0.29) is 19.8 Å². The highest BCUT2D eigenvalue weighted by Crippen LogP contribution is 2.43. The summed E-state index contributed by atoms with van der Waals surface area (Å²) in [5.74, 6) is 0. The third-order valence-corrected chi connectivity index (χ3v) is 8.34. The molecule has 40 heavy (non-hydrogen) atoms. The van der Waals surface area contributed by atoms with E-state index in [1.165, 1.54) is 116 Å². The first-order valence-electron chi connectivity index (χ1n) is 16.8. The Balaban J connectivity index is 3.40. The fourth-order valence-corrected chi connectivity index (χ4v) is 5.61. The molecular formula is C32H69NO6P+. The summed E-state index contributed by atoms with van der Waals surface area (Å²) in [7, 11) is 2.50. The molecule has 2 atom stereocenters. The van der Waals surface area contributed by atoms with Crippen LogP contribution < -0.4 is 0 Å². The second-order valence-electron chi connectivity index (χ2n) is 12.8. The van der Waals surface area contributed by atoms with Crippen molar-refractivity contribution in [2.45, 2.75) is 154 Å². The summed E-state index contributed by atoms with van der Waals surface area (Å²) in [6.45, 7) is 4.09. The van der Waals surface area contributed by atoms with Crippen LogP contribution >= 0.6 is 7.82 Å². The first-order chi connectivity index (χ1) is 19.2. The smallest absolute Gasteiger partial charge is 0.388 e. The molecule has 0 fully saturated rings. The molecule has 0 saturated carbocycles. The van der Waals surface area contributed by atoms with Crippen molar-refractivity contribution in [3.05, 3.63) is 0 Å². The molecule has 0 amide bonds. The molecule has 7 nitrogen and oxygen atoms in total. The van der Waals surface area contributed by atoms with Crippen LogP contribution in [0.15, 0.2) is 0 Å². The molecule has 2 unspecified atom stereocenters. The zero-order valence-electron chi connectivity index (χ0n) is 27.1. The normalized spacial score (nSPS) is 14.4. The molecule has 0 spiro atoms. The Bertz CT molecular complexity index is 572. The van der Waals surface area contributed by atoms with E-state index in [0.717, 1.165) is 36.6 Å². The van der Waals surface area contributed by atoms with Crippen molar-refractivity contribution in [3.8, 4) is 0 Å². The number of aliphatic hydroxyl groups is 1. The standard InChI is InChI=1S/C32H68NO6P/c1-5-6-7-8-9-10-11-12-13-14-15-16-17-19-22-25-28-37-30-32(34)31-39-40(35,36)38-29-26-23-20-18-21-24-27-33(2,3)4/h32,34H,5-31H2,1-4H3/p+1. The summed E-state index contributed by atoms with van der Waals surface area (Å²) in [6.07, 6.45) is 26.8. The Morgan fingerprint density at radius 2 is 0.975 bits per heavy atom. The highest BCUT2D eigenvalue weighted by Gasteiger charge is 2.22. The SMILES string of the molecule is CCCCCCCCCCCCCCCCCCOCC(O)COP(=O)(O)OCCCCCCCC[N+](C)(C)C. The molecule has 0 rings (SSSR count). The fraction of sp³-hybridized carbons (Fsp3) is 1.00. The first-order valence-corrected chi connectivity index (χ1v) is 18.3. The van der Waals surface area contributed by atoms with Gasteiger partial charge in [-0.3, -0.25) is 9.05 Å². The maximum atomic E-state index is 12.0. The lowest BCUT2D eigenvalue weighted by molar-refractivity contribution is -0.870. The number of nitrogens with zero attached hydrogens (tertiary/aromatic N) is 1. The monoisotopic (exact) mass is 594 g/mol. The molecular weight excluding hydrogens is 525 g/mol. The minimum atomic E-state index is -4.13. The molecule has 0 heterocycles. The van der Waals surface area contributed by atoms with Gasteiger partial charge in [0, 0.05) is 6.61 Å². The number of ether oxygens (including phenoxy) is 1. The minimum absolute atomic E-state index is 0.104. The van der Waals surface area contributed by atoms with Crippen LogP contribution in [-0.4, -0.2) is 74.7 Å². The van der Waals surface area contributed by atoms with Crippen molar-refractivity contribution < 1.29 is 32.8 Å². The Hall–Kier alpha value is -0.0100. The number of quaternary nitrogens is 1. The van der Waals surface area contributed by atoms with Gasteiger partial charge in [-0.15, -0.1) is 0 Å². The van der Waals surface area contributed by atoms with Gasteiger partial charge in [0.15, 0.2) is 0 Å². The van der Waals surface area contributed by atoms with Gasteiger partial charge < -0.3 is 19.2 Å². The van der Waals surface area contributed by atoms with Gasteiger partial charge in [-0.1, -0.05) is 122 Å². The maximum Gasteiger partial charge on any atom is 0.472 e. The van der Waals surface area contributed by atoms with Crippen LogP contribution in [0, 0.1) is 0 Å². The van der Waals surface area contributed by atoms with Gasteiger partial charge in [0.1, 0.15) is 6.10 Å². The van der Waals surface area contributed by atoms with E-state index < -0.39 is 13.9 Å². The van der Waals surface area contributed by atoms with Crippen LogP contribution in [0.3, 0.4) is 0 Å². The van der Waals surface area contributed by atoms with E-state index >= 15 is 0 Å². The number of phosphoric ester groups is 1. The minimum Gasteiger partial charge on any atom is -0.388 e. The zero-order valence-corrected chi connectivity index (χ0v) is 28.0. The van der Waals surface area contributed by atoms with E-state index in [1.54, 1.807) is 0 Å². The van der Waals surface area contributed by atoms with Crippen molar-refractivity contribution in [1.82, 2.24) is 0 Å². The van der Waals surface area contributed by atoms with Gasteiger partial charge in [0.25, 0.3) is 0 Å². The topological polar surface area (TPSA) is 85.2 Å². The number of hydrogen-bond donors (Lipinski definition) is 2. The summed E-state index contributed by atoms with van der Waals surface area (Å²) in [5, 5.41) is 9.97. The molecule has 242 valence electrons. The lowest BCUT2D eigenvalue weighted by Gasteiger charge is -2.23. The predicted octanol–water partition coefficient (Wildman–Crippen LogP) is 8.81. The van der Waals surface area contributed by atoms with Gasteiger partial charge in [0.2, 0.25) is 0 Å². The van der Waals surface area contributed by atoms with Gasteiger partial charge in [0.05, 0.1) is 47.5 Å². The summed E-state index contributed by atoms with van der Waals surface area (Å²) in [4.78, 5) is 9.80. The quantitative estimate of drug-likeness (QED) is 0.0460. The van der Waals surface area contributed by atoms with E-state index in [4.69, 9.17) is 13.8 Å². The molecule has 8 heteroatoms. The van der Waals surface area contributed by atoms with E-state index in [2.05, 4.69) is 28.1 Å². The molecule has 0 aliphatic carbocycles. The van der Waals surface area contributed by atoms with Gasteiger partial charge >= 0.3 is 7.82 Å². The van der Waals surface area contributed by atoms with Crippen LogP contribution in [-0.2, 0) is 18.3 Å². The Labute approximate surface area is 249 Å². The van der Waals surface area contributed by atoms with E-state index in [9.17, 15) is 14.6 Å². The Kier molecular flexibility index (Phi) is 27.8. The maximum absolute atomic E-state index is 12.0. The third-order valence-electron chi connectivity index (χ3n) is 7.36. The van der Waals surface area contributed by atoms with Crippen LogP contribution in [0.25, 0.3) is 0 Å². The van der Waals surface area contributed by atoms with Crippen LogP contribution in [0.4, 0.5) is 0 Å². The lowest BCUT2D eigenvalue weighted by Crippen LogP contribution is -2.35. The Morgan fingerprint density at radius 1 is 0.575 bits per heavy atom. The molecule has 2 N–H and O–H groups in total. The molecule has 0 radical (unpaired) electrons. The second kappa shape index (κ2) is 27.8. The summed E-state index contributed by atoms with van der Waals surface area (Å²) in [6, 6.07) is 0. The predicted molar refractivity (Wildman–Crippen MR) is 169 cm³/mol. The molecule has 0 aromatic rings. The van der Waals surface area contributed by atoms with Crippen LogP contribution in [0.2, 0.25) is 0 Å². The highest BCUT2D eigenvalue weighted by molar-refractivity contribution is 7.47. The first kappa shape index (κ1) is 40.0. The zero-order chi connectivity index (χ0) is 29.8. The molecule has 0 saturated heterocycles. The summed E-state index contributed by atoms with van der Waals surface area (Å²) >= 11 is 0. The number of unbranched alkanes of at least 4 members (excludes halogenated alkanes) is 20. The molecule has 0 aliphatic rings. The molecule has 0 aromatic carbocycles. The number of rotatable bonds is 32. The number of aliphatic hydroxyl groups excluding tert-OH is 1. The van der Waals surface area contributed by atoms with Crippen molar-refractivity contribution in [3.63, 3.8) is 0 Å². The fourth-order valence-electron chi connectivity index (χ4n) is 4.81. The van der Waals surface area contributed by atoms with Crippen molar-refractivity contribution in [2.24, 2.45) is 0 Å². The molecule has 0 aromatic heterocycles. The van der Waals surface area contributed by atoms with Crippen molar-refractivity contribution in [1.29, 1.82) is 0 Å². The largest absolute Gasteiger partial charge is 0.472 e. The average molecular weight is 595 g/mol. The van der Waals surface area contributed by atoms with Crippen LogP contribution in [0.1, 0.15) is 148 Å². The molecule has 0 aliphatic heterocycles. The number of phosphoric acid groups is 1. The van der Waals surface area contributed by atoms with E-state index in [1.807, 2.05) is 0 Å². The van der Waals surface area contributed by atoms with Crippen molar-refractivity contribution in [2.75, 3.05) is 54.1 Å². The van der Waals surface area contributed by atoms with Gasteiger partial charge in [-0.05, 0) is 25.7 Å². The number of hydrogen-bond acceptors (Lipinski definition) is 5. The van der Waals surface area contributed by atoms with Crippen molar-refractivity contribution >= 4 is 7.82 Å². The highest BCUT2D eigenvalue weighted by atomic mass is 31.2. The lowest BCUT2D eigenvalue weighted by atomic mass is 10.0. The van der Waals surface area contributed by atoms with Gasteiger partial charge in [-0.25, -0.2) is 4.57 Å². The second-order valence-corrected chi connectivity index (χ2v) is 14.2. The summed E-state index contributed by atoms with van der Waals surface area (Å²) in [5.41, 5.74) is 0. The van der Waals surface area contributed by atoms with Gasteiger partial charge in [-0.2, -0.15) is 0 Å². The average Bonchev–Trinajstić information content (AvgIpc) is 2.89. The summed E-state index contributed by atoms with van der Waals surface area (Å²) < 4.78 is 28.5. The van der Waals surface area contributed by atoms with Crippen LogP contribution in [0.5, 0.6) is 0 Å². The Morgan fingerprint density at radius 3 is 1.43 bits per heavy atom.